The minimum absolute atomic E-state index is 0. The largest absolute Gasteiger partial charge is 0.346 e. The molecule has 0 aliphatic carbocycles. The maximum atomic E-state index is 13.5. The van der Waals surface area contributed by atoms with Crippen LogP contribution in [0.15, 0.2) is 41.0 Å². The van der Waals surface area contributed by atoms with Gasteiger partial charge in [0.15, 0.2) is 11.6 Å². The van der Waals surface area contributed by atoms with Gasteiger partial charge in [0.25, 0.3) is 5.91 Å². The topological polar surface area (TPSA) is 54.0 Å². The first-order valence-electron chi connectivity index (χ1n) is 7.62. The molecular weight excluding hydrogens is 451 g/mol. The van der Waals surface area contributed by atoms with Crippen LogP contribution in [0.4, 0.5) is 8.78 Å². The SMILES string of the molecule is Cl.Cl.O=C(NC1CNCCC1c1ccc(F)c(F)c1)c1ccc(Br)cn1. The number of hydrogen-bond donors (Lipinski definition) is 2. The van der Waals surface area contributed by atoms with E-state index < -0.39 is 11.6 Å². The molecule has 0 saturated carbocycles. The van der Waals surface area contributed by atoms with Crippen molar-refractivity contribution in [3.05, 3.63) is 63.9 Å². The molecule has 2 unspecified atom stereocenters. The van der Waals surface area contributed by atoms with E-state index in [9.17, 15) is 13.6 Å². The van der Waals surface area contributed by atoms with Crippen molar-refractivity contribution in [3.8, 4) is 0 Å². The van der Waals surface area contributed by atoms with E-state index in [2.05, 4.69) is 31.5 Å². The molecule has 1 fully saturated rings. The second-order valence-electron chi connectivity index (χ2n) is 5.71. The third-order valence-electron chi connectivity index (χ3n) is 4.13. The molecule has 0 bridgehead atoms. The molecule has 2 atom stereocenters. The molecule has 1 aliphatic heterocycles. The van der Waals surface area contributed by atoms with Crippen LogP contribution in [0.3, 0.4) is 0 Å². The molecule has 0 spiro atoms. The molecule has 1 saturated heterocycles. The summed E-state index contributed by atoms with van der Waals surface area (Å²) in [6.07, 6.45) is 2.28. The Morgan fingerprint density at radius 1 is 1.19 bits per heavy atom. The average molecular weight is 469 g/mol. The Hall–Kier alpha value is -1.28. The van der Waals surface area contributed by atoms with Gasteiger partial charge in [0.05, 0.1) is 0 Å². The Labute approximate surface area is 171 Å². The maximum absolute atomic E-state index is 13.5. The smallest absolute Gasteiger partial charge is 0.270 e. The summed E-state index contributed by atoms with van der Waals surface area (Å²) < 4.78 is 27.5. The second kappa shape index (κ2) is 10.2. The Morgan fingerprint density at radius 3 is 2.62 bits per heavy atom. The second-order valence-corrected chi connectivity index (χ2v) is 6.63. The first-order valence-corrected chi connectivity index (χ1v) is 8.42. The molecule has 1 aromatic heterocycles. The van der Waals surface area contributed by atoms with Gasteiger partial charge < -0.3 is 10.6 Å². The number of halogens is 5. The van der Waals surface area contributed by atoms with Crippen LogP contribution in [0.5, 0.6) is 0 Å². The van der Waals surface area contributed by atoms with Crippen LogP contribution in [0.2, 0.25) is 0 Å². The van der Waals surface area contributed by atoms with E-state index >= 15 is 0 Å². The van der Waals surface area contributed by atoms with Crippen LogP contribution in [0.25, 0.3) is 0 Å². The summed E-state index contributed by atoms with van der Waals surface area (Å²) >= 11 is 3.28. The molecule has 4 nitrogen and oxygen atoms in total. The van der Waals surface area contributed by atoms with Crippen molar-refractivity contribution in [3.63, 3.8) is 0 Å². The zero-order chi connectivity index (χ0) is 17.1. The summed E-state index contributed by atoms with van der Waals surface area (Å²) in [5.41, 5.74) is 0.997. The van der Waals surface area contributed by atoms with Crippen LogP contribution >= 0.6 is 40.7 Å². The van der Waals surface area contributed by atoms with Crippen molar-refractivity contribution >= 4 is 46.7 Å². The first kappa shape index (κ1) is 22.8. The van der Waals surface area contributed by atoms with E-state index in [1.54, 1.807) is 24.4 Å². The summed E-state index contributed by atoms with van der Waals surface area (Å²) in [4.78, 5) is 16.4. The highest BCUT2D eigenvalue weighted by atomic mass is 79.9. The Kier molecular flexibility index (Phi) is 8.89. The van der Waals surface area contributed by atoms with Crippen molar-refractivity contribution in [1.29, 1.82) is 0 Å². The molecule has 1 amide bonds. The highest BCUT2D eigenvalue weighted by molar-refractivity contribution is 9.10. The molecule has 2 heterocycles. The zero-order valence-electron chi connectivity index (χ0n) is 13.5. The van der Waals surface area contributed by atoms with Crippen LogP contribution in [-0.2, 0) is 0 Å². The van der Waals surface area contributed by atoms with Crippen molar-refractivity contribution in [2.45, 2.75) is 18.4 Å². The van der Waals surface area contributed by atoms with Gasteiger partial charge in [-0.05, 0) is 58.7 Å². The van der Waals surface area contributed by atoms with E-state index in [0.717, 1.165) is 23.5 Å². The van der Waals surface area contributed by atoms with Gasteiger partial charge in [0, 0.05) is 29.2 Å². The number of nitrogens with zero attached hydrogens (tertiary/aromatic N) is 1. The van der Waals surface area contributed by atoms with E-state index in [-0.39, 0.29) is 42.7 Å². The van der Waals surface area contributed by atoms with Gasteiger partial charge in [0.1, 0.15) is 5.69 Å². The van der Waals surface area contributed by atoms with Crippen molar-refractivity contribution < 1.29 is 13.6 Å². The molecule has 26 heavy (non-hydrogen) atoms. The molecule has 1 aromatic carbocycles. The number of carbonyl (C=O) groups excluding carboxylic acids is 1. The third-order valence-corrected chi connectivity index (χ3v) is 4.60. The molecular formula is C17H18BrCl2F2N3O. The molecule has 142 valence electrons. The van der Waals surface area contributed by atoms with Gasteiger partial charge in [-0.15, -0.1) is 24.8 Å². The van der Waals surface area contributed by atoms with Crippen molar-refractivity contribution in [1.82, 2.24) is 15.6 Å². The molecule has 9 heteroatoms. The van der Waals surface area contributed by atoms with Gasteiger partial charge in [0.2, 0.25) is 0 Å². The van der Waals surface area contributed by atoms with Gasteiger partial charge in [-0.25, -0.2) is 13.8 Å². The fourth-order valence-electron chi connectivity index (χ4n) is 2.90. The molecule has 3 rings (SSSR count). The number of benzene rings is 1. The van der Waals surface area contributed by atoms with Crippen LogP contribution in [-0.4, -0.2) is 30.0 Å². The predicted molar refractivity (Wildman–Crippen MR) is 104 cm³/mol. The Bertz CT molecular complexity index is 749. The first-order chi connectivity index (χ1) is 11.5. The standard InChI is InChI=1S/C17H16BrF2N3O.2ClH/c18-11-2-4-15(22-8-11)17(24)23-16-9-21-6-5-12(16)10-1-3-13(19)14(20)7-10;;/h1-4,7-8,12,16,21H,5-6,9H2,(H,23,24);2*1H. The molecule has 2 aromatic rings. The van der Waals surface area contributed by atoms with Crippen LogP contribution in [0.1, 0.15) is 28.4 Å². The number of pyridine rings is 1. The minimum atomic E-state index is -0.870. The number of amides is 1. The summed E-state index contributed by atoms with van der Waals surface area (Å²) in [6, 6.07) is 7.06. The number of carbonyl (C=O) groups is 1. The van der Waals surface area contributed by atoms with Crippen LogP contribution in [0, 0.1) is 11.6 Å². The number of piperidine rings is 1. The van der Waals surface area contributed by atoms with Gasteiger partial charge >= 0.3 is 0 Å². The fraction of sp³-hybridized carbons (Fsp3) is 0.294. The Balaban J connectivity index is 0.00000169. The number of aromatic nitrogens is 1. The van der Waals surface area contributed by atoms with Crippen molar-refractivity contribution in [2.24, 2.45) is 0 Å². The number of nitrogens with one attached hydrogen (secondary N) is 2. The number of rotatable bonds is 3. The lowest BCUT2D eigenvalue weighted by Crippen LogP contribution is -2.50. The molecule has 1 aliphatic rings. The Morgan fingerprint density at radius 2 is 1.96 bits per heavy atom. The predicted octanol–water partition coefficient (Wildman–Crippen LogP) is 3.84. The lowest BCUT2D eigenvalue weighted by Gasteiger charge is -2.33. The van der Waals surface area contributed by atoms with Gasteiger partial charge in [-0.1, -0.05) is 6.07 Å². The minimum Gasteiger partial charge on any atom is -0.346 e. The summed E-state index contributed by atoms with van der Waals surface area (Å²) in [7, 11) is 0. The van der Waals surface area contributed by atoms with E-state index in [0.29, 0.717) is 17.8 Å². The maximum Gasteiger partial charge on any atom is 0.270 e. The fourth-order valence-corrected chi connectivity index (χ4v) is 3.14. The zero-order valence-corrected chi connectivity index (χ0v) is 16.8. The average Bonchev–Trinajstić information content (AvgIpc) is 2.58. The molecule has 0 radical (unpaired) electrons. The summed E-state index contributed by atoms with van der Waals surface area (Å²) in [6.45, 7) is 1.32. The van der Waals surface area contributed by atoms with Gasteiger partial charge in [-0.2, -0.15) is 0 Å². The third kappa shape index (κ3) is 5.36. The summed E-state index contributed by atoms with van der Waals surface area (Å²) in [5.74, 6) is -2.11. The lowest BCUT2D eigenvalue weighted by atomic mass is 9.86. The van der Waals surface area contributed by atoms with E-state index in [1.807, 2.05) is 0 Å². The number of hydrogen-bond acceptors (Lipinski definition) is 3. The van der Waals surface area contributed by atoms with Gasteiger partial charge in [-0.3, -0.25) is 4.79 Å². The lowest BCUT2D eigenvalue weighted by molar-refractivity contribution is 0.0919. The highest BCUT2D eigenvalue weighted by Crippen LogP contribution is 2.27. The highest BCUT2D eigenvalue weighted by Gasteiger charge is 2.28. The van der Waals surface area contributed by atoms with Crippen molar-refractivity contribution in [2.75, 3.05) is 13.1 Å². The van der Waals surface area contributed by atoms with E-state index in [1.165, 1.54) is 6.07 Å². The quantitative estimate of drug-likeness (QED) is 0.719. The monoisotopic (exact) mass is 467 g/mol. The molecule has 2 N–H and O–H groups in total. The normalized spacial score (nSPS) is 19.0. The van der Waals surface area contributed by atoms with E-state index in [4.69, 9.17) is 0 Å². The van der Waals surface area contributed by atoms with Crippen LogP contribution < -0.4 is 10.6 Å². The summed E-state index contributed by atoms with van der Waals surface area (Å²) in [5, 5.41) is 6.16.